The summed E-state index contributed by atoms with van der Waals surface area (Å²) in [5, 5.41) is 10.9. The predicted molar refractivity (Wildman–Crippen MR) is 80.7 cm³/mol. The molecule has 0 bridgehead atoms. The lowest BCUT2D eigenvalue weighted by Gasteiger charge is -2.11. The van der Waals surface area contributed by atoms with E-state index in [1.807, 2.05) is 6.92 Å². The van der Waals surface area contributed by atoms with Gasteiger partial charge in [0, 0.05) is 6.04 Å². The largest absolute Gasteiger partial charge is 0.411 e. The molecule has 22 heavy (non-hydrogen) atoms. The predicted octanol–water partition coefficient (Wildman–Crippen LogP) is 2.88. The van der Waals surface area contributed by atoms with Crippen LogP contribution >= 0.6 is 11.8 Å². The van der Waals surface area contributed by atoms with E-state index in [1.54, 1.807) is 18.2 Å². The van der Waals surface area contributed by atoms with E-state index in [4.69, 9.17) is 4.42 Å². The fourth-order valence-corrected chi connectivity index (χ4v) is 2.72. The minimum atomic E-state index is -0.418. The van der Waals surface area contributed by atoms with Gasteiger partial charge in [0.15, 0.2) is 0 Å². The number of nitrogens with one attached hydrogen (secondary N) is 1. The van der Waals surface area contributed by atoms with E-state index < -0.39 is 5.82 Å². The fourth-order valence-electron chi connectivity index (χ4n) is 2.15. The van der Waals surface area contributed by atoms with Crippen molar-refractivity contribution in [3.05, 3.63) is 30.1 Å². The molecule has 116 valence electrons. The number of halogens is 1. The van der Waals surface area contributed by atoms with Gasteiger partial charge in [-0.3, -0.25) is 4.79 Å². The summed E-state index contributed by atoms with van der Waals surface area (Å²) in [6.45, 7) is 2.02. The summed E-state index contributed by atoms with van der Waals surface area (Å²) < 4.78 is 19.0. The molecule has 1 aliphatic rings. The van der Waals surface area contributed by atoms with E-state index in [-0.39, 0.29) is 34.4 Å². The molecular weight excluding hydrogens is 305 g/mol. The first-order chi connectivity index (χ1) is 10.6. The van der Waals surface area contributed by atoms with Crippen molar-refractivity contribution in [2.24, 2.45) is 5.92 Å². The molecule has 3 rings (SSSR count). The molecule has 1 heterocycles. The maximum atomic E-state index is 13.6. The van der Waals surface area contributed by atoms with Crippen LogP contribution in [0.5, 0.6) is 0 Å². The van der Waals surface area contributed by atoms with Gasteiger partial charge >= 0.3 is 0 Å². The van der Waals surface area contributed by atoms with Gasteiger partial charge in [-0.05, 0) is 37.8 Å². The van der Waals surface area contributed by atoms with Gasteiger partial charge in [-0.1, -0.05) is 23.9 Å². The molecule has 0 radical (unpaired) electrons. The summed E-state index contributed by atoms with van der Waals surface area (Å²) in [5.41, 5.74) is 0.258. The molecule has 1 fully saturated rings. The van der Waals surface area contributed by atoms with Crippen molar-refractivity contribution in [3.63, 3.8) is 0 Å². The van der Waals surface area contributed by atoms with E-state index in [2.05, 4.69) is 15.5 Å². The quantitative estimate of drug-likeness (QED) is 0.829. The van der Waals surface area contributed by atoms with Gasteiger partial charge in [0.1, 0.15) is 5.82 Å². The minimum absolute atomic E-state index is 0.0601. The number of hydrogen-bond donors (Lipinski definition) is 1. The Balaban J connectivity index is 1.55. The van der Waals surface area contributed by atoms with Gasteiger partial charge in [-0.25, -0.2) is 4.39 Å². The van der Waals surface area contributed by atoms with Crippen molar-refractivity contribution in [3.8, 4) is 11.5 Å². The summed E-state index contributed by atoms with van der Waals surface area (Å²) in [7, 11) is 0. The van der Waals surface area contributed by atoms with Gasteiger partial charge in [0.25, 0.3) is 11.1 Å². The molecule has 0 aliphatic heterocycles. The molecule has 2 aromatic rings. The molecule has 0 saturated heterocycles. The van der Waals surface area contributed by atoms with E-state index in [0.717, 1.165) is 11.8 Å². The molecule has 1 aromatic carbocycles. The molecule has 1 N–H and O–H groups in total. The summed E-state index contributed by atoms with van der Waals surface area (Å²) in [5.74, 6) is 0.460. The Morgan fingerprint density at radius 3 is 2.95 bits per heavy atom. The van der Waals surface area contributed by atoms with Crippen LogP contribution in [0.25, 0.3) is 11.5 Å². The number of hydrogen-bond acceptors (Lipinski definition) is 5. The lowest BCUT2D eigenvalue weighted by molar-refractivity contribution is -0.119. The highest BCUT2D eigenvalue weighted by atomic mass is 32.2. The number of carbonyl (C=O) groups is 1. The first-order valence-electron chi connectivity index (χ1n) is 7.14. The lowest BCUT2D eigenvalue weighted by Crippen LogP contribution is -2.35. The first-order valence-corrected chi connectivity index (χ1v) is 8.12. The molecule has 1 aliphatic carbocycles. The molecule has 0 spiro atoms. The molecule has 1 aromatic heterocycles. The van der Waals surface area contributed by atoms with Gasteiger partial charge in [-0.15, -0.1) is 10.2 Å². The molecule has 1 amide bonds. The van der Waals surface area contributed by atoms with E-state index in [0.29, 0.717) is 5.92 Å². The van der Waals surface area contributed by atoms with Crippen molar-refractivity contribution < 1.29 is 13.6 Å². The highest BCUT2D eigenvalue weighted by molar-refractivity contribution is 7.99. The summed E-state index contributed by atoms with van der Waals surface area (Å²) >= 11 is 1.15. The van der Waals surface area contributed by atoms with Crippen molar-refractivity contribution in [2.45, 2.75) is 31.0 Å². The summed E-state index contributed by atoms with van der Waals surface area (Å²) in [6.07, 6.45) is 2.37. The second-order valence-electron chi connectivity index (χ2n) is 5.34. The van der Waals surface area contributed by atoms with E-state index >= 15 is 0 Å². The summed E-state index contributed by atoms with van der Waals surface area (Å²) in [4.78, 5) is 11.8. The maximum absolute atomic E-state index is 13.6. The van der Waals surface area contributed by atoms with Crippen LogP contribution in [0.15, 0.2) is 33.9 Å². The van der Waals surface area contributed by atoms with E-state index in [9.17, 15) is 9.18 Å². The average Bonchev–Trinajstić information content (AvgIpc) is 3.25. The van der Waals surface area contributed by atoms with Crippen molar-refractivity contribution in [1.82, 2.24) is 15.5 Å². The lowest BCUT2D eigenvalue weighted by atomic mass is 10.2. The van der Waals surface area contributed by atoms with Crippen LogP contribution < -0.4 is 5.32 Å². The van der Waals surface area contributed by atoms with E-state index in [1.165, 1.54) is 18.9 Å². The Bertz CT molecular complexity index is 672. The normalized spacial score (nSPS) is 15.5. The summed E-state index contributed by atoms with van der Waals surface area (Å²) in [6, 6.07) is 6.41. The highest BCUT2D eigenvalue weighted by Gasteiger charge is 2.28. The second-order valence-corrected chi connectivity index (χ2v) is 6.26. The van der Waals surface area contributed by atoms with Crippen LogP contribution in [0, 0.1) is 11.7 Å². The van der Waals surface area contributed by atoms with Crippen molar-refractivity contribution >= 4 is 17.7 Å². The molecule has 1 saturated carbocycles. The third kappa shape index (κ3) is 3.65. The van der Waals surface area contributed by atoms with Crippen LogP contribution in [0.2, 0.25) is 0 Å². The number of amides is 1. The Kier molecular flexibility index (Phi) is 4.42. The smallest absolute Gasteiger partial charge is 0.277 e. The maximum Gasteiger partial charge on any atom is 0.277 e. The monoisotopic (exact) mass is 321 g/mol. The number of carbonyl (C=O) groups excluding carboxylic acids is 1. The number of thioether (sulfide) groups is 1. The Morgan fingerprint density at radius 1 is 1.45 bits per heavy atom. The third-order valence-electron chi connectivity index (χ3n) is 3.56. The van der Waals surface area contributed by atoms with Gasteiger partial charge in [0.05, 0.1) is 11.3 Å². The van der Waals surface area contributed by atoms with Crippen LogP contribution in [0.3, 0.4) is 0 Å². The first kappa shape index (κ1) is 15.0. The van der Waals surface area contributed by atoms with Gasteiger partial charge in [0.2, 0.25) is 5.91 Å². The number of nitrogens with zero attached hydrogens (tertiary/aromatic N) is 2. The second kappa shape index (κ2) is 6.48. The zero-order valence-corrected chi connectivity index (χ0v) is 12.9. The zero-order valence-electron chi connectivity index (χ0n) is 12.1. The highest BCUT2D eigenvalue weighted by Crippen LogP contribution is 2.32. The Labute approximate surface area is 131 Å². The minimum Gasteiger partial charge on any atom is -0.411 e. The fraction of sp³-hybridized carbons (Fsp3) is 0.400. The SMILES string of the molecule is C[C@H](NC(=O)CSc1nnc(-c2ccccc2F)o1)C1CC1. The molecule has 1 atom stereocenters. The number of benzene rings is 1. The van der Waals surface area contributed by atoms with Crippen LogP contribution in [0.4, 0.5) is 4.39 Å². The van der Waals surface area contributed by atoms with Gasteiger partial charge < -0.3 is 9.73 Å². The van der Waals surface area contributed by atoms with Crippen molar-refractivity contribution in [1.29, 1.82) is 0 Å². The molecular formula is C15H16FN3O2S. The Morgan fingerprint density at radius 2 is 2.23 bits per heavy atom. The topological polar surface area (TPSA) is 68.0 Å². The average molecular weight is 321 g/mol. The molecule has 5 nitrogen and oxygen atoms in total. The number of aromatic nitrogens is 2. The zero-order chi connectivity index (χ0) is 15.5. The Hall–Kier alpha value is -1.89. The molecule has 0 unspecified atom stereocenters. The van der Waals surface area contributed by atoms with Gasteiger partial charge in [-0.2, -0.15) is 0 Å². The number of rotatable bonds is 6. The van der Waals surface area contributed by atoms with Crippen LogP contribution in [-0.4, -0.2) is 27.9 Å². The molecule has 7 heteroatoms. The van der Waals surface area contributed by atoms with Crippen LogP contribution in [0.1, 0.15) is 19.8 Å². The van der Waals surface area contributed by atoms with Crippen molar-refractivity contribution in [2.75, 3.05) is 5.75 Å². The standard InChI is InChI=1S/C15H16FN3O2S/c1-9(10-6-7-10)17-13(20)8-22-15-19-18-14(21-15)11-4-2-3-5-12(11)16/h2-5,9-10H,6-8H2,1H3,(H,17,20)/t9-/m0/s1. The third-order valence-corrected chi connectivity index (χ3v) is 4.37. The van der Waals surface area contributed by atoms with Crippen LogP contribution in [-0.2, 0) is 4.79 Å².